The fourth-order valence-corrected chi connectivity index (χ4v) is 3.80. The monoisotopic (exact) mass is 387 g/mol. The van der Waals surface area contributed by atoms with Crippen LogP contribution in [0.2, 0.25) is 0 Å². The van der Waals surface area contributed by atoms with Crippen LogP contribution in [-0.2, 0) is 20.7 Å². The van der Waals surface area contributed by atoms with Crippen molar-refractivity contribution in [3.05, 3.63) is 78.4 Å². The van der Waals surface area contributed by atoms with Gasteiger partial charge in [-0.15, -0.1) is 0 Å². The maximum absolute atomic E-state index is 12.5. The molecule has 6 heteroatoms. The van der Waals surface area contributed by atoms with Gasteiger partial charge in [0, 0.05) is 54.1 Å². The second-order valence-corrected chi connectivity index (χ2v) is 6.94. The van der Waals surface area contributed by atoms with Gasteiger partial charge in [-0.3, -0.25) is 14.7 Å². The summed E-state index contributed by atoms with van der Waals surface area (Å²) in [5.41, 5.74) is 3.97. The third-order valence-corrected chi connectivity index (χ3v) is 5.27. The van der Waals surface area contributed by atoms with Gasteiger partial charge in [0.15, 0.2) is 0 Å². The average Bonchev–Trinajstić information content (AvgIpc) is 3.12. The molecular formula is C23H21N3O3. The van der Waals surface area contributed by atoms with Crippen LogP contribution in [0.15, 0.2) is 72.7 Å². The number of ether oxygens (including phenoxy) is 1. The van der Waals surface area contributed by atoms with Gasteiger partial charge in [-0.2, -0.15) is 0 Å². The van der Waals surface area contributed by atoms with Crippen LogP contribution in [0, 0.1) is 5.92 Å². The first-order valence-corrected chi connectivity index (χ1v) is 9.31. The third kappa shape index (κ3) is 3.23. The van der Waals surface area contributed by atoms with E-state index in [1.807, 2.05) is 24.3 Å². The number of amides is 1. The lowest BCUT2D eigenvalue weighted by atomic mass is 9.85. The molecule has 0 radical (unpaired) electrons. The molecule has 0 bridgehead atoms. The van der Waals surface area contributed by atoms with Crippen molar-refractivity contribution in [2.45, 2.75) is 13.3 Å². The van der Waals surface area contributed by atoms with Crippen LogP contribution in [0.25, 0.3) is 21.8 Å². The van der Waals surface area contributed by atoms with E-state index in [9.17, 15) is 9.59 Å². The number of benzene rings is 1. The highest BCUT2D eigenvalue weighted by Gasteiger charge is 2.30. The van der Waals surface area contributed by atoms with E-state index in [0.29, 0.717) is 12.0 Å². The van der Waals surface area contributed by atoms with Crippen molar-refractivity contribution in [2.24, 2.45) is 5.92 Å². The van der Waals surface area contributed by atoms with E-state index in [0.717, 1.165) is 33.1 Å². The zero-order chi connectivity index (χ0) is 20.5. The molecule has 1 aliphatic heterocycles. The Kier molecular flexibility index (Phi) is 4.76. The molecule has 0 spiro atoms. The van der Waals surface area contributed by atoms with Crippen molar-refractivity contribution < 1.29 is 14.3 Å². The summed E-state index contributed by atoms with van der Waals surface area (Å²) in [7, 11) is 1.33. The van der Waals surface area contributed by atoms with Crippen LogP contribution in [0.3, 0.4) is 0 Å². The van der Waals surface area contributed by atoms with Gasteiger partial charge in [0.05, 0.1) is 23.9 Å². The van der Waals surface area contributed by atoms with E-state index in [1.54, 1.807) is 18.5 Å². The van der Waals surface area contributed by atoms with Crippen LogP contribution >= 0.6 is 0 Å². The molecule has 1 amide bonds. The Morgan fingerprint density at radius 2 is 2.03 bits per heavy atom. The number of carbonyl (C=O) groups excluding carboxylic acids is 2. The molecule has 0 saturated heterocycles. The minimum Gasteiger partial charge on any atom is -0.466 e. The smallest absolute Gasteiger partial charge is 0.335 e. The molecule has 6 nitrogen and oxygen atoms in total. The van der Waals surface area contributed by atoms with Gasteiger partial charge in [0.25, 0.3) is 0 Å². The van der Waals surface area contributed by atoms with E-state index >= 15 is 0 Å². The van der Waals surface area contributed by atoms with Gasteiger partial charge in [0.2, 0.25) is 5.91 Å². The largest absolute Gasteiger partial charge is 0.466 e. The lowest BCUT2D eigenvalue weighted by Crippen LogP contribution is -2.29. The highest BCUT2D eigenvalue weighted by molar-refractivity contribution is 6.07. The maximum atomic E-state index is 12.5. The number of H-pyrrole nitrogens is 1. The lowest BCUT2D eigenvalue weighted by Gasteiger charge is -2.28. The highest BCUT2D eigenvalue weighted by atomic mass is 16.5. The summed E-state index contributed by atoms with van der Waals surface area (Å²) in [5.74, 6) is -0.988. The Morgan fingerprint density at radius 3 is 2.76 bits per heavy atom. The SMILES string of the molecule is C=CC1=CN(C(C)=O)C=C(C(=O)OC)C1Cc1nccc2c1[nH]c1ccccc12. The van der Waals surface area contributed by atoms with Crippen molar-refractivity contribution in [3.8, 4) is 0 Å². The van der Waals surface area contributed by atoms with Gasteiger partial charge < -0.3 is 9.72 Å². The standard InChI is InChI=1S/C23H21N3O3/c1-4-15-12-26(14(2)27)13-19(23(28)29-3)18(15)11-21-22-17(9-10-24-21)16-7-5-6-8-20(16)25-22/h4-10,12-13,18,25H,1,11H2,2-3H3. The van der Waals surface area contributed by atoms with E-state index in [4.69, 9.17) is 4.74 Å². The van der Waals surface area contributed by atoms with Crippen molar-refractivity contribution in [3.63, 3.8) is 0 Å². The average molecular weight is 387 g/mol. The van der Waals surface area contributed by atoms with Crippen molar-refractivity contribution in [1.29, 1.82) is 0 Å². The Morgan fingerprint density at radius 1 is 1.24 bits per heavy atom. The first kappa shape index (κ1) is 18.7. The summed E-state index contributed by atoms with van der Waals surface area (Å²) in [5, 5.41) is 2.21. The van der Waals surface area contributed by atoms with Gasteiger partial charge in [-0.1, -0.05) is 30.9 Å². The number of aromatic amines is 1. The summed E-state index contributed by atoms with van der Waals surface area (Å²) in [6.07, 6.45) is 7.16. The predicted molar refractivity (Wildman–Crippen MR) is 112 cm³/mol. The number of hydrogen-bond acceptors (Lipinski definition) is 4. The van der Waals surface area contributed by atoms with Gasteiger partial charge in [0.1, 0.15) is 0 Å². The molecule has 29 heavy (non-hydrogen) atoms. The van der Waals surface area contributed by atoms with E-state index in [-0.39, 0.29) is 11.8 Å². The molecule has 3 heterocycles. The Labute approximate surface area is 168 Å². The summed E-state index contributed by atoms with van der Waals surface area (Å²) in [6.45, 7) is 5.31. The number of hydrogen-bond donors (Lipinski definition) is 1. The van der Waals surface area contributed by atoms with Crippen molar-refractivity contribution >= 4 is 33.7 Å². The molecule has 1 unspecified atom stereocenters. The number of rotatable bonds is 4. The molecule has 4 rings (SSSR count). The second-order valence-electron chi connectivity index (χ2n) is 6.94. The topological polar surface area (TPSA) is 75.3 Å². The molecule has 1 aliphatic rings. The lowest BCUT2D eigenvalue weighted by molar-refractivity contribution is -0.136. The maximum Gasteiger partial charge on any atom is 0.335 e. The molecule has 1 aromatic carbocycles. The number of nitrogens with zero attached hydrogens (tertiary/aromatic N) is 2. The summed E-state index contributed by atoms with van der Waals surface area (Å²) in [4.78, 5) is 33.8. The summed E-state index contributed by atoms with van der Waals surface area (Å²) >= 11 is 0. The molecule has 3 aromatic rings. The Hall–Kier alpha value is -3.67. The van der Waals surface area contributed by atoms with Gasteiger partial charge >= 0.3 is 5.97 Å². The Bertz CT molecular complexity index is 1200. The van der Waals surface area contributed by atoms with Crippen LogP contribution in [-0.4, -0.2) is 33.9 Å². The second kappa shape index (κ2) is 7.39. The summed E-state index contributed by atoms with van der Waals surface area (Å²) in [6, 6.07) is 10.1. The number of para-hydroxylation sites is 1. The number of nitrogens with one attached hydrogen (secondary N) is 1. The molecule has 146 valence electrons. The number of aromatic nitrogens is 2. The fraction of sp³-hybridized carbons (Fsp3) is 0.174. The zero-order valence-corrected chi connectivity index (χ0v) is 16.3. The fourth-order valence-electron chi connectivity index (χ4n) is 3.80. The first-order chi connectivity index (χ1) is 14.0. The minimum atomic E-state index is -0.475. The van der Waals surface area contributed by atoms with Crippen LogP contribution in [0.1, 0.15) is 12.6 Å². The highest BCUT2D eigenvalue weighted by Crippen LogP contribution is 2.34. The van der Waals surface area contributed by atoms with E-state index in [2.05, 4.69) is 22.6 Å². The molecule has 0 saturated carbocycles. The third-order valence-electron chi connectivity index (χ3n) is 5.27. The predicted octanol–water partition coefficient (Wildman–Crippen LogP) is 3.86. The van der Waals surface area contributed by atoms with Crippen molar-refractivity contribution in [1.82, 2.24) is 14.9 Å². The van der Waals surface area contributed by atoms with Crippen LogP contribution in [0.5, 0.6) is 0 Å². The molecule has 0 fully saturated rings. The molecule has 0 aliphatic carbocycles. The zero-order valence-electron chi connectivity index (χ0n) is 16.3. The number of carbonyl (C=O) groups is 2. The van der Waals surface area contributed by atoms with Gasteiger partial charge in [-0.05, 0) is 17.7 Å². The minimum absolute atomic E-state index is 0.194. The van der Waals surface area contributed by atoms with Crippen molar-refractivity contribution in [2.75, 3.05) is 7.11 Å². The summed E-state index contributed by atoms with van der Waals surface area (Å²) < 4.78 is 4.98. The van der Waals surface area contributed by atoms with Gasteiger partial charge in [-0.25, -0.2) is 4.79 Å². The number of fused-ring (bicyclic) bond motifs is 3. The number of methoxy groups -OCH3 is 1. The molecular weight excluding hydrogens is 366 g/mol. The molecule has 1 N–H and O–H groups in total. The van der Waals surface area contributed by atoms with E-state index in [1.165, 1.54) is 25.1 Å². The van der Waals surface area contributed by atoms with Crippen LogP contribution < -0.4 is 0 Å². The quantitative estimate of drug-likeness (QED) is 0.690. The van der Waals surface area contributed by atoms with E-state index < -0.39 is 5.97 Å². The number of pyridine rings is 1. The number of esters is 1. The first-order valence-electron chi connectivity index (χ1n) is 9.31. The number of allylic oxidation sites excluding steroid dienone is 2. The normalized spacial score (nSPS) is 16.5. The van der Waals surface area contributed by atoms with Crippen LogP contribution in [0.4, 0.5) is 0 Å². The Balaban J connectivity index is 1.82. The molecule has 1 atom stereocenters. The molecule has 2 aromatic heterocycles.